The fourth-order valence-electron chi connectivity index (χ4n) is 2.95. The number of piperidine rings is 1. The Hall–Kier alpha value is -0.860. The minimum Gasteiger partial charge on any atom is -0.316 e. The van der Waals surface area contributed by atoms with E-state index in [9.17, 15) is 0 Å². The van der Waals surface area contributed by atoms with Crippen LogP contribution in [-0.2, 0) is 5.41 Å². The lowest BCUT2D eigenvalue weighted by Gasteiger charge is -2.33. The molecule has 1 aromatic carbocycles. The van der Waals surface area contributed by atoms with Crippen molar-refractivity contribution in [1.82, 2.24) is 10.6 Å². The predicted octanol–water partition coefficient (Wildman–Crippen LogP) is 3.63. The van der Waals surface area contributed by atoms with Crippen molar-refractivity contribution in [1.29, 1.82) is 0 Å². The van der Waals surface area contributed by atoms with E-state index in [4.69, 9.17) is 0 Å². The summed E-state index contributed by atoms with van der Waals surface area (Å²) in [6.45, 7) is 13.7. The van der Waals surface area contributed by atoms with Gasteiger partial charge in [-0.3, -0.25) is 0 Å². The number of hydrogen-bond donors (Lipinski definition) is 2. The Balaban J connectivity index is 2.00. The fraction of sp³-hybridized carbons (Fsp3) is 0.667. The van der Waals surface area contributed by atoms with Crippen LogP contribution >= 0.6 is 0 Å². The average molecular weight is 274 g/mol. The molecule has 0 amide bonds. The van der Waals surface area contributed by atoms with Gasteiger partial charge in [-0.2, -0.15) is 0 Å². The molecule has 1 aliphatic heterocycles. The lowest BCUT2D eigenvalue weighted by Crippen LogP contribution is -2.47. The van der Waals surface area contributed by atoms with Crippen LogP contribution in [-0.4, -0.2) is 19.1 Å². The van der Waals surface area contributed by atoms with Gasteiger partial charge in [0.25, 0.3) is 0 Å². The third-order valence-electron chi connectivity index (χ3n) is 4.53. The number of nitrogens with one attached hydrogen (secondary N) is 2. The normalized spacial score (nSPS) is 25.4. The lowest BCUT2D eigenvalue weighted by atomic mass is 9.86. The maximum absolute atomic E-state index is 3.80. The molecular weight excluding hydrogens is 244 g/mol. The first-order chi connectivity index (χ1) is 9.38. The molecule has 112 valence electrons. The van der Waals surface area contributed by atoms with E-state index < -0.39 is 0 Å². The Morgan fingerprint density at radius 1 is 1.20 bits per heavy atom. The maximum atomic E-state index is 3.80. The SMILES string of the molecule is CC(NC1CCNCC1C)c1ccc(C(C)(C)C)cc1. The fourth-order valence-corrected chi connectivity index (χ4v) is 2.95. The highest BCUT2D eigenvalue weighted by Gasteiger charge is 2.22. The smallest absolute Gasteiger partial charge is 0.0294 e. The molecule has 3 atom stereocenters. The van der Waals surface area contributed by atoms with Crippen LogP contribution < -0.4 is 10.6 Å². The first-order valence-corrected chi connectivity index (χ1v) is 7.95. The second kappa shape index (κ2) is 6.28. The molecular formula is C18H30N2. The Morgan fingerprint density at radius 2 is 1.85 bits per heavy atom. The molecule has 2 rings (SSSR count). The van der Waals surface area contributed by atoms with Crippen molar-refractivity contribution in [3.8, 4) is 0 Å². The molecule has 0 aliphatic carbocycles. The van der Waals surface area contributed by atoms with Gasteiger partial charge in [0.2, 0.25) is 0 Å². The Kier molecular flexibility index (Phi) is 4.87. The Labute approximate surface area is 124 Å². The molecule has 3 unspecified atom stereocenters. The van der Waals surface area contributed by atoms with Gasteiger partial charge >= 0.3 is 0 Å². The molecule has 1 aliphatic rings. The van der Waals surface area contributed by atoms with E-state index in [1.54, 1.807) is 0 Å². The maximum Gasteiger partial charge on any atom is 0.0294 e. The van der Waals surface area contributed by atoms with E-state index in [-0.39, 0.29) is 5.41 Å². The topological polar surface area (TPSA) is 24.1 Å². The third kappa shape index (κ3) is 3.83. The van der Waals surface area contributed by atoms with Gasteiger partial charge in [-0.15, -0.1) is 0 Å². The van der Waals surface area contributed by atoms with Gasteiger partial charge in [0.1, 0.15) is 0 Å². The predicted molar refractivity (Wildman–Crippen MR) is 87.1 cm³/mol. The van der Waals surface area contributed by atoms with Gasteiger partial charge in [0.15, 0.2) is 0 Å². The quantitative estimate of drug-likeness (QED) is 0.879. The van der Waals surface area contributed by atoms with Crippen LogP contribution in [0.25, 0.3) is 0 Å². The van der Waals surface area contributed by atoms with Crippen LogP contribution in [0.2, 0.25) is 0 Å². The summed E-state index contributed by atoms with van der Waals surface area (Å²) < 4.78 is 0. The summed E-state index contributed by atoms with van der Waals surface area (Å²) in [6, 6.07) is 10.2. The molecule has 0 spiro atoms. The van der Waals surface area contributed by atoms with Crippen molar-refractivity contribution >= 4 is 0 Å². The largest absolute Gasteiger partial charge is 0.316 e. The average Bonchev–Trinajstić information content (AvgIpc) is 2.40. The molecule has 0 bridgehead atoms. The molecule has 1 saturated heterocycles. The van der Waals surface area contributed by atoms with E-state index in [1.807, 2.05) is 0 Å². The van der Waals surface area contributed by atoms with Crippen molar-refractivity contribution in [3.05, 3.63) is 35.4 Å². The van der Waals surface area contributed by atoms with Gasteiger partial charge in [-0.05, 0) is 48.9 Å². The Morgan fingerprint density at radius 3 is 2.40 bits per heavy atom. The standard InChI is InChI=1S/C18H30N2/c1-13-12-19-11-10-17(13)20-14(2)15-6-8-16(9-7-15)18(3,4)5/h6-9,13-14,17,19-20H,10-12H2,1-5H3. The number of rotatable bonds is 3. The number of hydrogen-bond acceptors (Lipinski definition) is 2. The molecule has 20 heavy (non-hydrogen) atoms. The molecule has 0 aromatic heterocycles. The van der Waals surface area contributed by atoms with Crippen LogP contribution in [0.3, 0.4) is 0 Å². The molecule has 1 fully saturated rings. The summed E-state index contributed by atoms with van der Waals surface area (Å²) in [7, 11) is 0. The van der Waals surface area contributed by atoms with Crippen LogP contribution in [0.15, 0.2) is 24.3 Å². The van der Waals surface area contributed by atoms with E-state index in [1.165, 1.54) is 17.5 Å². The van der Waals surface area contributed by atoms with Crippen molar-refractivity contribution in [2.45, 2.75) is 58.5 Å². The summed E-state index contributed by atoms with van der Waals surface area (Å²) in [4.78, 5) is 0. The third-order valence-corrected chi connectivity index (χ3v) is 4.53. The highest BCUT2D eigenvalue weighted by Crippen LogP contribution is 2.24. The van der Waals surface area contributed by atoms with Gasteiger partial charge in [0, 0.05) is 12.1 Å². The van der Waals surface area contributed by atoms with Gasteiger partial charge in [-0.1, -0.05) is 52.0 Å². The zero-order chi connectivity index (χ0) is 14.8. The Bertz CT molecular complexity index is 416. The number of benzene rings is 1. The van der Waals surface area contributed by atoms with E-state index in [0.29, 0.717) is 18.0 Å². The summed E-state index contributed by atoms with van der Waals surface area (Å²) in [5, 5.41) is 7.26. The molecule has 1 aromatic rings. The first-order valence-electron chi connectivity index (χ1n) is 7.95. The minimum absolute atomic E-state index is 0.235. The monoisotopic (exact) mass is 274 g/mol. The second-order valence-electron chi connectivity index (χ2n) is 7.34. The minimum atomic E-state index is 0.235. The van der Waals surface area contributed by atoms with E-state index in [2.05, 4.69) is 69.5 Å². The van der Waals surface area contributed by atoms with Gasteiger partial charge < -0.3 is 10.6 Å². The molecule has 2 N–H and O–H groups in total. The zero-order valence-corrected chi connectivity index (χ0v) is 13.7. The molecule has 2 heteroatoms. The summed E-state index contributed by atoms with van der Waals surface area (Å²) in [6.07, 6.45) is 1.23. The molecule has 2 nitrogen and oxygen atoms in total. The molecule has 0 radical (unpaired) electrons. The van der Waals surface area contributed by atoms with Crippen LogP contribution in [0.1, 0.15) is 58.2 Å². The molecule has 1 heterocycles. The first kappa shape index (κ1) is 15.5. The van der Waals surface area contributed by atoms with Crippen LogP contribution in [0.4, 0.5) is 0 Å². The van der Waals surface area contributed by atoms with Crippen molar-refractivity contribution in [2.24, 2.45) is 5.92 Å². The highest BCUT2D eigenvalue weighted by atomic mass is 15.0. The summed E-state index contributed by atoms with van der Waals surface area (Å²) >= 11 is 0. The van der Waals surface area contributed by atoms with Gasteiger partial charge in [0.05, 0.1) is 0 Å². The lowest BCUT2D eigenvalue weighted by molar-refractivity contribution is 0.278. The summed E-state index contributed by atoms with van der Waals surface area (Å²) in [5.41, 5.74) is 3.03. The van der Waals surface area contributed by atoms with Crippen molar-refractivity contribution in [3.63, 3.8) is 0 Å². The highest BCUT2D eigenvalue weighted by molar-refractivity contribution is 5.29. The van der Waals surface area contributed by atoms with Crippen LogP contribution in [0, 0.1) is 5.92 Å². The van der Waals surface area contributed by atoms with Crippen LogP contribution in [0.5, 0.6) is 0 Å². The van der Waals surface area contributed by atoms with E-state index >= 15 is 0 Å². The summed E-state index contributed by atoms with van der Waals surface area (Å²) in [5.74, 6) is 0.708. The van der Waals surface area contributed by atoms with Crippen molar-refractivity contribution < 1.29 is 0 Å². The van der Waals surface area contributed by atoms with Gasteiger partial charge in [-0.25, -0.2) is 0 Å². The zero-order valence-electron chi connectivity index (χ0n) is 13.7. The van der Waals surface area contributed by atoms with E-state index in [0.717, 1.165) is 13.1 Å². The molecule has 0 saturated carbocycles. The second-order valence-corrected chi connectivity index (χ2v) is 7.34. The van der Waals surface area contributed by atoms with Crippen molar-refractivity contribution in [2.75, 3.05) is 13.1 Å².